The predicted molar refractivity (Wildman–Crippen MR) is 71.0 cm³/mol. The third-order valence-electron chi connectivity index (χ3n) is 2.28. The summed E-state index contributed by atoms with van der Waals surface area (Å²) in [7, 11) is 0. The highest BCUT2D eigenvalue weighted by Crippen LogP contribution is 2.08. The maximum absolute atomic E-state index is 11.7. The van der Waals surface area contributed by atoms with Gasteiger partial charge in [-0.05, 0) is 24.3 Å². The first-order chi connectivity index (χ1) is 9.28. The smallest absolute Gasteiger partial charge is 0.246 e. The van der Waals surface area contributed by atoms with Gasteiger partial charge in [-0.15, -0.1) is 5.10 Å². The van der Waals surface area contributed by atoms with Crippen LogP contribution in [-0.2, 0) is 11.3 Å². The number of nitrogens with two attached hydrogens (primary N) is 1. The molecule has 0 radical (unpaired) electrons. The van der Waals surface area contributed by atoms with Gasteiger partial charge in [-0.1, -0.05) is 17.1 Å². The summed E-state index contributed by atoms with van der Waals surface area (Å²) >= 11 is 0. The Morgan fingerprint density at radius 3 is 2.79 bits per heavy atom. The summed E-state index contributed by atoms with van der Waals surface area (Å²) in [5.41, 5.74) is 6.86. The Hall–Kier alpha value is -2.65. The monoisotopic (exact) mass is 255 g/mol. The average Bonchev–Trinajstić information content (AvgIpc) is 2.90. The molecular formula is C13H13N5O. The second-order valence-electron chi connectivity index (χ2n) is 3.73. The molecule has 0 aliphatic heterocycles. The quantitative estimate of drug-likeness (QED) is 0.769. The zero-order valence-corrected chi connectivity index (χ0v) is 10.2. The minimum atomic E-state index is -0.161. The Bertz CT molecular complexity index is 592. The Balaban J connectivity index is 1.94. The first-order valence-electron chi connectivity index (χ1n) is 5.71. The Morgan fingerprint density at radius 1 is 1.37 bits per heavy atom. The number of carbonyl (C=O) groups is 1. The molecule has 0 aliphatic rings. The highest BCUT2D eigenvalue weighted by molar-refractivity contribution is 5.90. The normalized spacial score (nSPS) is 9.53. The second-order valence-corrected chi connectivity index (χ2v) is 3.73. The third-order valence-corrected chi connectivity index (χ3v) is 2.28. The Kier molecular flexibility index (Phi) is 4.26. The number of nitrogens with one attached hydrogen (secondary N) is 1. The summed E-state index contributed by atoms with van der Waals surface area (Å²) in [6.45, 7) is 0.463. The number of benzene rings is 1. The van der Waals surface area contributed by atoms with Crippen LogP contribution in [0.3, 0.4) is 0 Å². The zero-order valence-electron chi connectivity index (χ0n) is 10.2. The lowest BCUT2D eigenvalue weighted by atomic mass is 10.2. The molecule has 0 saturated heterocycles. The van der Waals surface area contributed by atoms with E-state index in [1.165, 1.54) is 10.9 Å². The van der Waals surface area contributed by atoms with Gasteiger partial charge < -0.3 is 11.1 Å². The van der Waals surface area contributed by atoms with E-state index in [0.717, 1.165) is 5.56 Å². The molecule has 0 aliphatic carbocycles. The molecule has 1 heterocycles. The Morgan fingerprint density at radius 2 is 2.16 bits per heavy atom. The topological polar surface area (TPSA) is 85.8 Å². The summed E-state index contributed by atoms with van der Waals surface area (Å²) in [5, 5.41) is 10.1. The van der Waals surface area contributed by atoms with Gasteiger partial charge in [0, 0.05) is 17.4 Å². The van der Waals surface area contributed by atoms with E-state index < -0.39 is 0 Å². The van der Waals surface area contributed by atoms with E-state index in [1.54, 1.807) is 18.3 Å². The molecule has 19 heavy (non-hydrogen) atoms. The highest BCUT2D eigenvalue weighted by atomic mass is 16.2. The van der Waals surface area contributed by atoms with Crippen molar-refractivity contribution in [1.29, 1.82) is 0 Å². The molecule has 0 fully saturated rings. The molecule has 1 amide bonds. The number of hydrogen-bond acceptors (Lipinski definition) is 4. The van der Waals surface area contributed by atoms with Crippen molar-refractivity contribution in [3.8, 4) is 11.8 Å². The van der Waals surface area contributed by atoms with Crippen LogP contribution in [0.25, 0.3) is 0 Å². The summed E-state index contributed by atoms with van der Waals surface area (Å²) in [5.74, 6) is 5.52. The largest absolute Gasteiger partial charge is 0.324 e. The predicted octanol–water partition coefficient (Wildman–Crippen LogP) is 0.227. The molecule has 0 saturated carbocycles. The minimum absolute atomic E-state index is 0.134. The molecule has 3 N–H and O–H groups in total. The molecular weight excluding hydrogens is 242 g/mol. The molecule has 6 heteroatoms. The van der Waals surface area contributed by atoms with Crippen molar-refractivity contribution in [2.45, 2.75) is 6.54 Å². The van der Waals surface area contributed by atoms with Gasteiger partial charge in [0.1, 0.15) is 6.54 Å². The molecule has 0 atom stereocenters. The van der Waals surface area contributed by atoms with Gasteiger partial charge in [-0.3, -0.25) is 4.79 Å². The number of aromatic nitrogens is 3. The zero-order chi connectivity index (χ0) is 13.5. The number of nitrogens with zero attached hydrogens (tertiary/aromatic N) is 3. The van der Waals surface area contributed by atoms with Gasteiger partial charge in [-0.25, -0.2) is 4.68 Å². The van der Waals surface area contributed by atoms with Crippen molar-refractivity contribution < 1.29 is 4.79 Å². The summed E-state index contributed by atoms with van der Waals surface area (Å²) in [6, 6.07) is 7.24. The first-order valence-corrected chi connectivity index (χ1v) is 5.71. The third kappa shape index (κ3) is 3.94. The van der Waals surface area contributed by atoms with Crippen LogP contribution in [0.4, 0.5) is 5.69 Å². The molecule has 0 unspecified atom stereocenters. The number of hydrogen-bond donors (Lipinski definition) is 2. The van der Waals surface area contributed by atoms with Crippen molar-refractivity contribution >= 4 is 11.6 Å². The van der Waals surface area contributed by atoms with E-state index in [2.05, 4.69) is 27.5 Å². The molecule has 0 spiro atoms. The van der Waals surface area contributed by atoms with Crippen LogP contribution in [0.15, 0.2) is 36.7 Å². The van der Waals surface area contributed by atoms with Crippen LogP contribution in [0, 0.1) is 11.8 Å². The standard InChI is InChI=1S/C13H13N5O/c14-7-1-2-11-3-5-12(6-4-11)16-13(19)10-18-9-8-15-17-18/h3-6,8-9H,7,10,14H2,(H,16,19). The molecule has 1 aromatic carbocycles. The Labute approximate surface area is 110 Å². The molecule has 2 rings (SSSR count). The molecule has 2 aromatic rings. The van der Waals surface area contributed by atoms with Gasteiger partial charge in [0.05, 0.1) is 12.7 Å². The number of rotatable bonds is 3. The molecule has 96 valence electrons. The fourth-order valence-electron chi connectivity index (χ4n) is 1.45. The van der Waals surface area contributed by atoms with E-state index in [4.69, 9.17) is 5.73 Å². The maximum Gasteiger partial charge on any atom is 0.246 e. The van der Waals surface area contributed by atoms with Crippen molar-refractivity contribution in [3.05, 3.63) is 42.2 Å². The van der Waals surface area contributed by atoms with E-state index in [9.17, 15) is 4.79 Å². The van der Waals surface area contributed by atoms with Crippen LogP contribution in [-0.4, -0.2) is 27.4 Å². The fourth-order valence-corrected chi connectivity index (χ4v) is 1.45. The van der Waals surface area contributed by atoms with Gasteiger partial charge in [0.15, 0.2) is 0 Å². The lowest BCUT2D eigenvalue weighted by Crippen LogP contribution is -2.19. The highest BCUT2D eigenvalue weighted by Gasteiger charge is 2.03. The number of anilines is 1. The van der Waals surface area contributed by atoms with Crippen molar-refractivity contribution in [1.82, 2.24) is 15.0 Å². The van der Waals surface area contributed by atoms with Crippen molar-refractivity contribution in [3.63, 3.8) is 0 Å². The number of carbonyl (C=O) groups excluding carboxylic acids is 1. The van der Waals surface area contributed by atoms with E-state index >= 15 is 0 Å². The average molecular weight is 255 g/mol. The summed E-state index contributed by atoms with van der Waals surface area (Å²) in [4.78, 5) is 11.7. The maximum atomic E-state index is 11.7. The van der Waals surface area contributed by atoms with E-state index in [1.807, 2.05) is 12.1 Å². The number of amides is 1. The lowest BCUT2D eigenvalue weighted by Gasteiger charge is -2.04. The van der Waals surface area contributed by atoms with Crippen molar-refractivity contribution in [2.75, 3.05) is 11.9 Å². The first kappa shape index (κ1) is 12.8. The summed E-state index contributed by atoms with van der Waals surface area (Å²) < 4.78 is 1.45. The van der Waals surface area contributed by atoms with Crippen LogP contribution < -0.4 is 11.1 Å². The molecule has 6 nitrogen and oxygen atoms in total. The lowest BCUT2D eigenvalue weighted by molar-refractivity contribution is -0.116. The van der Waals surface area contributed by atoms with Crippen LogP contribution in [0.5, 0.6) is 0 Å². The fraction of sp³-hybridized carbons (Fsp3) is 0.154. The van der Waals surface area contributed by atoms with E-state index in [0.29, 0.717) is 12.2 Å². The SMILES string of the molecule is NCC#Cc1ccc(NC(=O)Cn2ccnn2)cc1. The minimum Gasteiger partial charge on any atom is -0.324 e. The van der Waals surface area contributed by atoms with Crippen LogP contribution in [0.1, 0.15) is 5.56 Å². The van der Waals surface area contributed by atoms with Gasteiger partial charge >= 0.3 is 0 Å². The molecule has 0 bridgehead atoms. The van der Waals surface area contributed by atoms with Crippen molar-refractivity contribution in [2.24, 2.45) is 5.73 Å². The van der Waals surface area contributed by atoms with Gasteiger partial charge in [0.2, 0.25) is 5.91 Å². The van der Waals surface area contributed by atoms with Gasteiger partial charge in [0.25, 0.3) is 0 Å². The summed E-state index contributed by atoms with van der Waals surface area (Å²) in [6.07, 6.45) is 3.16. The molecule has 1 aromatic heterocycles. The van der Waals surface area contributed by atoms with Crippen LogP contribution in [0.2, 0.25) is 0 Å². The van der Waals surface area contributed by atoms with E-state index in [-0.39, 0.29) is 12.5 Å². The van der Waals surface area contributed by atoms with Gasteiger partial charge in [-0.2, -0.15) is 0 Å². The van der Waals surface area contributed by atoms with Crippen LogP contribution >= 0.6 is 0 Å². The second kappa shape index (κ2) is 6.33.